The normalized spacial score (nSPS) is 18.9. The largest absolute Gasteiger partial charge is 0.552 e. The van der Waals surface area contributed by atoms with E-state index >= 15 is 0 Å². The molecule has 0 bridgehead atoms. The van der Waals surface area contributed by atoms with Gasteiger partial charge in [0.1, 0.15) is 0 Å². The summed E-state index contributed by atoms with van der Waals surface area (Å²) in [5.74, 6) is -6.79. The molecule has 1 aliphatic rings. The maximum Gasteiger partial charge on any atom is 0.552 e. The van der Waals surface area contributed by atoms with Crippen molar-refractivity contribution in [2.24, 2.45) is 5.92 Å². The summed E-state index contributed by atoms with van der Waals surface area (Å²) in [5.41, 5.74) is -2.33. The minimum absolute atomic E-state index is 0.0224. The number of rotatable bonds is 10. The highest BCUT2D eigenvalue weighted by molar-refractivity contribution is 6.53. The van der Waals surface area contributed by atoms with E-state index in [1.54, 1.807) is 30.3 Å². The van der Waals surface area contributed by atoms with Crippen molar-refractivity contribution in [3.63, 3.8) is 0 Å². The summed E-state index contributed by atoms with van der Waals surface area (Å²) in [7, 11) is -1.50. The Morgan fingerprint density at radius 2 is 1.77 bits per heavy atom. The Labute approximate surface area is 178 Å². The Balaban J connectivity index is 2.07. The van der Waals surface area contributed by atoms with Gasteiger partial charge in [0.2, 0.25) is 5.91 Å². The number of carbonyl (C=O) groups excluding carboxylic acids is 3. The molecule has 0 spiro atoms. The van der Waals surface area contributed by atoms with Crippen LogP contribution < -0.4 is 10.6 Å². The summed E-state index contributed by atoms with van der Waals surface area (Å²) < 4.78 is 10.2. The molecule has 11 nitrogen and oxygen atoms in total. The van der Waals surface area contributed by atoms with Crippen LogP contribution in [0.5, 0.6) is 0 Å². The summed E-state index contributed by atoms with van der Waals surface area (Å²) >= 11 is 0. The predicted octanol–water partition coefficient (Wildman–Crippen LogP) is -0.154. The first-order chi connectivity index (χ1) is 14.5. The Morgan fingerprint density at radius 3 is 2.32 bits per heavy atom. The van der Waals surface area contributed by atoms with Crippen molar-refractivity contribution >= 4 is 36.8 Å². The van der Waals surface area contributed by atoms with Crippen LogP contribution >= 0.6 is 0 Å². The summed E-state index contributed by atoms with van der Waals surface area (Å²) in [6.45, 7) is 3.24. The second-order valence-corrected chi connectivity index (χ2v) is 7.45. The van der Waals surface area contributed by atoms with Gasteiger partial charge in [-0.3, -0.25) is 14.4 Å². The van der Waals surface area contributed by atoms with Gasteiger partial charge in [-0.25, -0.2) is 9.59 Å². The molecule has 0 aromatic heterocycles. The van der Waals surface area contributed by atoms with Crippen molar-refractivity contribution in [1.29, 1.82) is 0 Å². The van der Waals surface area contributed by atoms with E-state index in [1.165, 1.54) is 0 Å². The van der Waals surface area contributed by atoms with Crippen LogP contribution in [-0.2, 0) is 28.5 Å². The molecule has 1 unspecified atom stereocenters. The standard InChI is InChI=1S/C19H23BN2O9/c1-11(2)8-13(20-30-18(29)19(31-20,17(27)28)9-15(24)25)22-14(23)10-21-16(26)12-6-4-3-5-7-12/h3-7,11,13H,8-10H2,1-2H3,(H,21,26)(H,22,23)(H,24,25)(H,27,28)/t13-,19?/m0/s1. The van der Waals surface area contributed by atoms with Gasteiger partial charge in [-0.15, -0.1) is 0 Å². The number of carboxylic acid groups (broad SMARTS) is 2. The molecule has 1 heterocycles. The molecule has 1 aromatic rings. The number of carboxylic acids is 2. The SMILES string of the molecule is CC(C)C[C@H](NC(=O)CNC(=O)c1ccccc1)B1OC(=O)C(CC(=O)O)(C(=O)O)O1. The van der Waals surface area contributed by atoms with E-state index in [9.17, 15) is 29.1 Å². The van der Waals surface area contributed by atoms with Crippen molar-refractivity contribution < 1.29 is 43.5 Å². The Kier molecular flexibility index (Phi) is 7.75. The Bertz CT molecular complexity index is 861. The van der Waals surface area contributed by atoms with E-state index in [1.807, 2.05) is 13.8 Å². The zero-order valence-corrected chi connectivity index (χ0v) is 17.0. The highest BCUT2D eigenvalue weighted by Crippen LogP contribution is 2.29. The summed E-state index contributed by atoms with van der Waals surface area (Å²) in [6.07, 6.45) is -0.897. The molecule has 0 saturated carbocycles. The molecule has 4 N–H and O–H groups in total. The lowest BCUT2D eigenvalue weighted by Gasteiger charge is -2.23. The first-order valence-corrected chi connectivity index (χ1v) is 9.52. The molecule has 166 valence electrons. The molecular weight excluding hydrogens is 411 g/mol. The van der Waals surface area contributed by atoms with Crippen LogP contribution in [0.2, 0.25) is 0 Å². The van der Waals surface area contributed by atoms with Crippen molar-refractivity contribution in [3.8, 4) is 0 Å². The quantitative estimate of drug-likeness (QED) is 0.289. The highest BCUT2D eigenvalue weighted by atomic mass is 16.7. The lowest BCUT2D eigenvalue weighted by atomic mass is 9.74. The fraction of sp³-hybridized carbons (Fsp3) is 0.421. The first-order valence-electron chi connectivity index (χ1n) is 9.52. The van der Waals surface area contributed by atoms with Crippen molar-refractivity contribution in [1.82, 2.24) is 10.6 Å². The molecule has 12 heteroatoms. The monoisotopic (exact) mass is 434 g/mol. The fourth-order valence-electron chi connectivity index (χ4n) is 3.03. The molecular formula is C19H23BN2O9. The van der Waals surface area contributed by atoms with Gasteiger partial charge < -0.3 is 30.2 Å². The van der Waals surface area contributed by atoms with E-state index in [2.05, 4.69) is 10.6 Å². The molecule has 2 amide bonds. The van der Waals surface area contributed by atoms with Crippen molar-refractivity contribution in [2.45, 2.75) is 38.2 Å². The lowest BCUT2D eigenvalue weighted by molar-refractivity contribution is -0.168. The van der Waals surface area contributed by atoms with Crippen molar-refractivity contribution in [2.75, 3.05) is 6.54 Å². The van der Waals surface area contributed by atoms with Crippen LogP contribution in [0.1, 0.15) is 37.0 Å². The molecule has 2 atom stereocenters. The number of carbonyl (C=O) groups is 5. The van der Waals surface area contributed by atoms with Crippen LogP contribution in [0, 0.1) is 5.92 Å². The number of hydrogen-bond acceptors (Lipinski definition) is 7. The average molecular weight is 434 g/mol. The lowest BCUT2D eigenvalue weighted by Crippen LogP contribution is -2.52. The van der Waals surface area contributed by atoms with Crippen LogP contribution in [0.15, 0.2) is 30.3 Å². The van der Waals surface area contributed by atoms with Gasteiger partial charge in [-0.05, 0) is 24.5 Å². The van der Waals surface area contributed by atoms with E-state index in [-0.39, 0.29) is 18.9 Å². The number of hydrogen-bond donors (Lipinski definition) is 4. The van der Waals surface area contributed by atoms with Gasteiger partial charge >= 0.3 is 25.0 Å². The minimum Gasteiger partial charge on any atom is -0.506 e. The zero-order chi connectivity index (χ0) is 23.2. The minimum atomic E-state index is -2.70. The summed E-state index contributed by atoms with van der Waals surface area (Å²) in [4.78, 5) is 59.2. The zero-order valence-electron chi connectivity index (χ0n) is 17.0. The van der Waals surface area contributed by atoms with Gasteiger partial charge in [0.25, 0.3) is 11.5 Å². The predicted molar refractivity (Wildman–Crippen MR) is 106 cm³/mol. The van der Waals surface area contributed by atoms with Crippen molar-refractivity contribution in [3.05, 3.63) is 35.9 Å². The molecule has 1 fully saturated rings. The second kappa shape index (κ2) is 10.1. The third-order valence-corrected chi connectivity index (χ3v) is 4.46. The smallest absolute Gasteiger partial charge is 0.506 e. The number of nitrogens with one attached hydrogen (secondary N) is 2. The Morgan fingerprint density at radius 1 is 1.13 bits per heavy atom. The van der Waals surface area contributed by atoms with Gasteiger partial charge in [-0.2, -0.15) is 0 Å². The highest BCUT2D eigenvalue weighted by Gasteiger charge is 2.62. The maximum atomic E-state index is 12.3. The topological polar surface area (TPSA) is 168 Å². The van der Waals surface area contributed by atoms with Crippen LogP contribution in [-0.4, -0.2) is 65.1 Å². The first kappa shape index (κ1) is 23.9. The second-order valence-electron chi connectivity index (χ2n) is 7.45. The van der Waals surface area contributed by atoms with Crippen LogP contribution in [0.4, 0.5) is 0 Å². The van der Waals surface area contributed by atoms with Crippen LogP contribution in [0.25, 0.3) is 0 Å². The van der Waals surface area contributed by atoms with E-state index < -0.39 is 54.8 Å². The summed E-state index contributed by atoms with van der Waals surface area (Å²) in [5, 5.41) is 23.3. The van der Waals surface area contributed by atoms with E-state index in [0.29, 0.717) is 5.56 Å². The molecule has 1 saturated heterocycles. The summed E-state index contributed by atoms with van der Waals surface area (Å²) in [6, 6.07) is 8.24. The van der Waals surface area contributed by atoms with Gasteiger partial charge in [0, 0.05) is 5.56 Å². The molecule has 1 aliphatic heterocycles. The molecule has 31 heavy (non-hydrogen) atoms. The van der Waals surface area contributed by atoms with E-state index in [0.717, 1.165) is 0 Å². The maximum absolute atomic E-state index is 12.3. The Hall–Kier alpha value is -3.41. The van der Waals surface area contributed by atoms with Gasteiger partial charge in [0.15, 0.2) is 0 Å². The molecule has 1 aromatic carbocycles. The third kappa shape index (κ3) is 6.04. The molecule has 2 rings (SSSR count). The number of aliphatic carboxylic acids is 2. The van der Waals surface area contributed by atoms with Gasteiger partial charge in [0.05, 0.1) is 18.9 Å². The average Bonchev–Trinajstić information content (AvgIpc) is 3.03. The fourth-order valence-corrected chi connectivity index (χ4v) is 3.03. The number of amides is 2. The molecule has 0 aliphatic carbocycles. The third-order valence-electron chi connectivity index (χ3n) is 4.46. The number of benzene rings is 1. The van der Waals surface area contributed by atoms with E-state index in [4.69, 9.17) is 14.4 Å². The molecule has 0 radical (unpaired) electrons. The van der Waals surface area contributed by atoms with Gasteiger partial charge in [-0.1, -0.05) is 32.0 Å². The van der Waals surface area contributed by atoms with Crippen LogP contribution in [0.3, 0.4) is 0 Å².